The lowest BCUT2D eigenvalue weighted by molar-refractivity contribution is -0.116. The molecule has 1 heterocycles. The minimum absolute atomic E-state index is 0.0604. The third kappa shape index (κ3) is 7.92. The largest absolute Gasteiger partial charge is 0.489 e. The maximum absolute atomic E-state index is 12.9. The maximum atomic E-state index is 12.9. The van der Waals surface area contributed by atoms with E-state index in [0.29, 0.717) is 43.9 Å². The zero-order chi connectivity index (χ0) is 36.1. The molecule has 0 unspecified atom stereocenters. The second-order valence-corrected chi connectivity index (χ2v) is 17.9. The van der Waals surface area contributed by atoms with E-state index in [-0.39, 0.29) is 35.0 Å². The Morgan fingerprint density at radius 1 is 0.882 bits per heavy atom. The Labute approximate surface area is 314 Å². The smallest absolute Gasteiger partial charge is 0.185 e. The first-order valence-corrected chi connectivity index (χ1v) is 19.9. The van der Waals surface area contributed by atoms with Crippen LogP contribution >= 0.6 is 34.8 Å². The zero-order valence-electron chi connectivity index (χ0n) is 28.6. The van der Waals surface area contributed by atoms with Gasteiger partial charge in [-0.05, 0) is 95.2 Å². The lowest BCUT2D eigenvalue weighted by atomic mass is 9.87. The summed E-state index contributed by atoms with van der Waals surface area (Å²) in [5, 5.41) is 5.98. The van der Waals surface area contributed by atoms with E-state index in [1.54, 1.807) is 30.3 Å². The van der Waals surface area contributed by atoms with E-state index < -0.39 is 15.6 Å². The minimum atomic E-state index is -3.72. The standard InChI is InChI=1S/C41H38Cl3NO5S/c1-41(2,3)27-13-16-30(17-14-27)51(47,48)23-28(46)19-24-7-9-25(10-8-24)32-21-33(32)31-18-15-29(20-37(31)44)49-22-34-39(45-50-40(34)26-11-12-26)38-35(42)5-4-6-36(38)43/h4-10,13-18,20,26,32-33H,11-12,19,21-23H2,1-3H3/t32-,33-/m0/s1. The number of benzene rings is 4. The van der Waals surface area contributed by atoms with Crippen molar-refractivity contribution < 1.29 is 22.5 Å². The monoisotopic (exact) mass is 761 g/mol. The van der Waals surface area contributed by atoms with Crippen LogP contribution in [0.3, 0.4) is 0 Å². The van der Waals surface area contributed by atoms with Crippen LogP contribution in [0.15, 0.2) is 94.3 Å². The van der Waals surface area contributed by atoms with Crippen LogP contribution in [0.2, 0.25) is 15.1 Å². The lowest BCUT2D eigenvalue weighted by Gasteiger charge is -2.19. The zero-order valence-corrected chi connectivity index (χ0v) is 31.7. The molecule has 7 rings (SSSR count). The summed E-state index contributed by atoms with van der Waals surface area (Å²) in [5.41, 5.74) is 6.02. The number of hydrogen-bond acceptors (Lipinski definition) is 6. The van der Waals surface area contributed by atoms with Gasteiger partial charge in [0.05, 0.1) is 20.5 Å². The van der Waals surface area contributed by atoms with E-state index in [1.807, 2.05) is 54.6 Å². The molecule has 10 heteroatoms. The Kier molecular flexibility index (Phi) is 9.87. The van der Waals surface area contributed by atoms with Crippen molar-refractivity contribution in [1.82, 2.24) is 5.16 Å². The van der Waals surface area contributed by atoms with Crippen molar-refractivity contribution in [3.8, 4) is 17.0 Å². The van der Waals surface area contributed by atoms with Crippen LogP contribution in [0.25, 0.3) is 11.3 Å². The number of nitrogens with zero attached hydrogens (tertiary/aromatic N) is 1. The quantitative estimate of drug-likeness (QED) is 0.126. The fraction of sp³-hybridized carbons (Fsp3) is 0.317. The average molecular weight is 763 g/mol. The van der Waals surface area contributed by atoms with Gasteiger partial charge in [0.15, 0.2) is 15.6 Å². The normalized spacial score (nSPS) is 17.4. The predicted octanol–water partition coefficient (Wildman–Crippen LogP) is 10.9. The summed E-state index contributed by atoms with van der Waals surface area (Å²) in [6.07, 6.45) is 3.10. The summed E-state index contributed by atoms with van der Waals surface area (Å²) >= 11 is 19.8. The lowest BCUT2D eigenvalue weighted by Crippen LogP contribution is -2.18. The molecule has 0 N–H and O–H groups in total. The fourth-order valence-electron chi connectivity index (χ4n) is 6.63. The first kappa shape index (κ1) is 35.8. The SMILES string of the molecule is CC(C)(C)c1ccc(S(=O)(=O)CC(=O)Cc2ccc([C@@H]3C[C@H]3c3ccc(OCc4c(-c5c(Cl)cccc5Cl)noc4C4CC4)cc3Cl)cc2)cc1. The molecule has 0 bridgehead atoms. The molecule has 2 saturated carbocycles. The van der Waals surface area contributed by atoms with E-state index in [2.05, 4.69) is 25.9 Å². The van der Waals surface area contributed by atoms with Crippen LogP contribution in [-0.2, 0) is 33.1 Å². The molecule has 6 nitrogen and oxygen atoms in total. The van der Waals surface area contributed by atoms with Crippen molar-refractivity contribution in [2.24, 2.45) is 0 Å². The van der Waals surface area contributed by atoms with Crippen LogP contribution < -0.4 is 4.74 Å². The number of halogens is 3. The number of aromatic nitrogens is 1. The highest BCUT2D eigenvalue weighted by Gasteiger charge is 2.40. The number of hydrogen-bond donors (Lipinski definition) is 0. The van der Waals surface area contributed by atoms with Crippen LogP contribution in [-0.4, -0.2) is 25.1 Å². The average Bonchev–Trinajstić information content (AvgIpc) is 4.02. The predicted molar refractivity (Wildman–Crippen MR) is 202 cm³/mol. The Morgan fingerprint density at radius 2 is 1.57 bits per heavy atom. The summed E-state index contributed by atoms with van der Waals surface area (Å²) < 4.78 is 37.9. The van der Waals surface area contributed by atoms with E-state index >= 15 is 0 Å². The number of sulfone groups is 1. The van der Waals surface area contributed by atoms with Gasteiger partial charge >= 0.3 is 0 Å². The Morgan fingerprint density at radius 3 is 2.20 bits per heavy atom. The van der Waals surface area contributed by atoms with Crippen molar-refractivity contribution in [2.45, 2.75) is 81.1 Å². The van der Waals surface area contributed by atoms with Gasteiger partial charge in [-0.25, -0.2) is 8.42 Å². The van der Waals surface area contributed by atoms with Gasteiger partial charge in [-0.15, -0.1) is 0 Å². The molecule has 2 fully saturated rings. The van der Waals surface area contributed by atoms with Gasteiger partial charge in [-0.3, -0.25) is 4.79 Å². The van der Waals surface area contributed by atoms with Crippen molar-refractivity contribution >= 4 is 50.4 Å². The molecule has 2 aliphatic carbocycles. The molecule has 0 radical (unpaired) electrons. The number of carbonyl (C=O) groups excluding carboxylic acids is 1. The third-order valence-corrected chi connectivity index (χ3v) is 12.4. The number of ketones is 1. The first-order valence-electron chi connectivity index (χ1n) is 17.1. The van der Waals surface area contributed by atoms with Crippen LogP contribution in [0.5, 0.6) is 5.75 Å². The van der Waals surface area contributed by atoms with Crippen LogP contribution in [0, 0.1) is 0 Å². The summed E-state index contributed by atoms with van der Waals surface area (Å²) in [6.45, 7) is 6.44. The van der Waals surface area contributed by atoms with Gasteiger partial charge in [0, 0.05) is 22.9 Å². The maximum Gasteiger partial charge on any atom is 0.185 e. The number of ether oxygens (including phenoxy) is 1. The molecule has 2 aliphatic rings. The van der Waals surface area contributed by atoms with Gasteiger partial charge in [0.1, 0.15) is 29.6 Å². The molecular weight excluding hydrogens is 725 g/mol. The van der Waals surface area contributed by atoms with Crippen LogP contribution in [0.4, 0.5) is 0 Å². The second kappa shape index (κ2) is 14.1. The Balaban J connectivity index is 0.963. The molecule has 0 aliphatic heterocycles. The summed E-state index contributed by atoms with van der Waals surface area (Å²) in [6, 6.07) is 25.9. The highest BCUT2D eigenvalue weighted by molar-refractivity contribution is 7.92. The van der Waals surface area contributed by atoms with Crippen molar-refractivity contribution in [2.75, 3.05) is 5.75 Å². The molecule has 0 amide bonds. The van der Waals surface area contributed by atoms with Gasteiger partial charge < -0.3 is 9.26 Å². The fourth-order valence-corrected chi connectivity index (χ4v) is 8.76. The van der Waals surface area contributed by atoms with E-state index in [4.69, 9.17) is 44.1 Å². The van der Waals surface area contributed by atoms with Crippen LogP contribution in [0.1, 0.15) is 91.4 Å². The number of carbonyl (C=O) groups is 1. The molecule has 51 heavy (non-hydrogen) atoms. The Hall–Kier alpha value is -3.62. The molecule has 4 aromatic carbocycles. The topological polar surface area (TPSA) is 86.5 Å². The summed E-state index contributed by atoms with van der Waals surface area (Å²) in [5.74, 6) is 1.47. The molecule has 264 valence electrons. The van der Waals surface area contributed by atoms with E-state index in [1.165, 1.54) is 0 Å². The van der Waals surface area contributed by atoms with Gasteiger partial charge in [-0.2, -0.15) is 0 Å². The molecule has 2 atom stereocenters. The summed E-state index contributed by atoms with van der Waals surface area (Å²) in [4.78, 5) is 13.0. The van der Waals surface area contributed by atoms with Crippen molar-refractivity contribution in [3.63, 3.8) is 0 Å². The van der Waals surface area contributed by atoms with Gasteiger partial charge in [0.25, 0.3) is 0 Å². The van der Waals surface area contributed by atoms with Crippen molar-refractivity contribution in [1.29, 1.82) is 0 Å². The third-order valence-electron chi connectivity index (χ3n) is 9.75. The molecule has 0 saturated heterocycles. The highest BCUT2D eigenvalue weighted by Crippen LogP contribution is 2.56. The van der Waals surface area contributed by atoms with Crippen molar-refractivity contribution in [3.05, 3.63) is 134 Å². The van der Waals surface area contributed by atoms with E-state index in [9.17, 15) is 13.2 Å². The number of rotatable bonds is 12. The second-order valence-electron chi connectivity index (χ2n) is 14.7. The molecule has 0 spiro atoms. The molecule has 5 aromatic rings. The minimum Gasteiger partial charge on any atom is -0.489 e. The highest BCUT2D eigenvalue weighted by atomic mass is 35.5. The number of Topliss-reactive ketones (excluding diaryl/α,β-unsaturated/α-hetero) is 1. The first-order chi connectivity index (χ1) is 24.3. The molecular formula is C41H38Cl3NO5S. The Bertz CT molecular complexity index is 2180. The molecule has 1 aromatic heterocycles. The van der Waals surface area contributed by atoms with Gasteiger partial charge in [-0.1, -0.05) is 109 Å². The van der Waals surface area contributed by atoms with E-state index in [0.717, 1.165) is 52.8 Å². The summed E-state index contributed by atoms with van der Waals surface area (Å²) in [7, 11) is -3.72. The van der Waals surface area contributed by atoms with Gasteiger partial charge in [0.2, 0.25) is 0 Å².